The number of methoxy groups -OCH3 is 2. The van der Waals surface area contributed by atoms with Crippen LogP contribution in [0.1, 0.15) is 40.7 Å². The van der Waals surface area contributed by atoms with Crippen molar-refractivity contribution < 1.29 is 23.8 Å². The van der Waals surface area contributed by atoms with E-state index in [4.69, 9.17) is 14.2 Å². The average Bonchev–Trinajstić information content (AvgIpc) is 3.29. The Morgan fingerprint density at radius 3 is 2.56 bits per heavy atom. The molecule has 1 aliphatic rings. The second kappa shape index (κ2) is 11.8. The smallest absolute Gasteiger partial charge is 0.260 e. The molecule has 202 valence electrons. The van der Waals surface area contributed by atoms with E-state index in [0.717, 1.165) is 24.0 Å². The maximum Gasteiger partial charge on any atom is 0.260 e. The van der Waals surface area contributed by atoms with Crippen LogP contribution in [0.25, 0.3) is 5.65 Å². The van der Waals surface area contributed by atoms with E-state index < -0.39 is 6.04 Å². The third-order valence-corrected chi connectivity index (χ3v) is 6.75. The predicted octanol–water partition coefficient (Wildman–Crippen LogP) is 3.64. The first-order chi connectivity index (χ1) is 19.1. The van der Waals surface area contributed by atoms with E-state index in [2.05, 4.69) is 15.4 Å². The molecule has 0 unspecified atom stereocenters. The van der Waals surface area contributed by atoms with Crippen LogP contribution in [0, 0.1) is 0 Å². The number of amides is 2. The molecule has 1 fully saturated rings. The van der Waals surface area contributed by atoms with E-state index in [1.54, 1.807) is 42.1 Å². The minimum Gasteiger partial charge on any atom is -0.497 e. The molecule has 1 atom stereocenters. The van der Waals surface area contributed by atoms with Crippen molar-refractivity contribution in [3.05, 3.63) is 83.8 Å². The summed E-state index contributed by atoms with van der Waals surface area (Å²) in [6.07, 6.45) is 7.20. The Balaban J connectivity index is 1.34. The lowest BCUT2D eigenvalue weighted by Gasteiger charge is -2.30. The van der Waals surface area contributed by atoms with Crippen LogP contribution in [0.5, 0.6) is 17.2 Å². The Hall–Kier alpha value is -4.60. The summed E-state index contributed by atoms with van der Waals surface area (Å²) >= 11 is 0. The standard InChI is InChI=1S/C29H31N5O5/c1-37-23-14-21(15-24(16-23)38-2)19-39-22-9-7-20(8-10-22)18-33(26-6-3-4-11-31-28(26)35)29(36)25-17-32-34-13-5-12-30-27(25)34/h5,7-10,12-17,26H,3-4,6,11,18-19H2,1-2H3,(H,31,35)/t26-/m0/s1. The molecule has 1 aliphatic heterocycles. The number of hydrogen-bond acceptors (Lipinski definition) is 7. The minimum absolute atomic E-state index is 0.140. The molecule has 39 heavy (non-hydrogen) atoms. The molecule has 3 heterocycles. The average molecular weight is 530 g/mol. The fourth-order valence-corrected chi connectivity index (χ4v) is 4.68. The summed E-state index contributed by atoms with van der Waals surface area (Å²) in [6.45, 7) is 1.21. The number of benzene rings is 2. The van der Waals surface area contributed by atoms with Crippen molar-refractivity contribution in [3.63, 3.8) is 0 Å². The molecule has 4 aromatic rings. The Morgan fingerprint density at radius 1 is 1.05 bits per heavy atom. The zero-order valence-corrected chi connectivity index (χ0v) is 22.0. The van der Waals surface area contributed by atoms with Crippen molar-refractivity contribution in [2.45, 2.75) is 38.5 Å². The zero-order valence-electron chi connectivity index (χ0n) is 22.0. The molecule has 1 N–H and O–H groups in total. The summed E-state index contributed by atoms with van der Waals surface area (Å²) in [5.74, 6) is 1.64. The highest BCUT2D eigenvalue weighted by Gasteiger charge is 2.33. The van der Waals surface area contributed by atoms with Crippen molar-refractivity contribution in [2.75, 3.05) is 20.8 Å². The van der Waals surface area contributed by atoms with Gasteiger partial charge in [-0.05, 0) is 60.7 Å². The number of ether oxygens (including phenoxy) is 3. The van der Waals surface area contributed by atoms with E-state index in [1.165, 1.54) is 6.20 Å². The van der Waals surface area contributed by atoms with Gasteiger partial charge in [0.15, 0.2) is 5.65 Å². The highest BCUT2D eigenvalue weighted by Crippen LogP contribution is 2.25. The van der Waals surface area contributed by atoms with Gasteiger partial charge in [-0.25, -0.2) is 9.50 Å². The number of hydrogen-bond donors (Lipinski definition) is 1. The number of rotatable bonds is 9. The second-order valence-corrected chi connectivity index (χ2v) is 9.34. The van der Waals surface area contributed by atoms with Gasteiger partial charge in [0.25, 0.3) is 5.91 Å². The highest BCUT2D eigenvalue weighted by atomic mass is 16.5. The van der Waals surface area contributed by atoms with Crippen LogP contribution in [0.3, 0.4) is 0 Å². The molecular weight excluding hydrogens is 498 g/mol. The largest absolute Gasteiger partial charge is 0.497 e. The zero-order chi connectivity index (χ0) is 27.2. The Bertz CT molecular complexity index is 1430. The van der Waals surface area contributed by atoms with Crippen LogP contribution in [0.4, 0.5) is 0 Å². The van der Waals surface area contributed by atoms with Gasteiger partial charge in [-0.2, -0.15) is 5.10 Å². The van der Waals surface area contributed by atoms with E-state index in [-0.39, 0.29) is 18.4 Å². The maximum atomic E-state index is 13.8. The number of aromatic nitrogens is 3. The van der Waals surface area contributed by atoms with Gasteiger partial charge in [-0.15, -0.1) is 0 Å². The number of nitrogens with zero attached hydrogens (tertiary/aromatic N) is 4. The molecule has 2 aromatic carbocycles. The molecule has 10 nitrogen and oxygen atoms in total. The van der Waals surface area contributed by atoms with E-state index in [1.807, 2.05) is 42.5 Å². The molecule has 0 aliphatic carbocycles. The lowest BCUT2D eigenvalue weighted by atomic mass is 10.1. The maximum absolute atomic E-state index is 13.8. The van der Waals surface area contributed by atoms with Crippen molar-refractivity contribution in [1.29, 1.82) is 0 Å². The second-order valence-electron chi connectivity index (χ2n) is 9.34. The van der Waals surface area contributed by atoms with Crippen LogP contribution >= 0.6 is 0 Å². The predicted molar refractivity (Wildman–Crippen MR) is 144 cm³/mol. The molecule has 0 bridgehead atoms. The fourth-order valence-electron chi connectivity index (χ4n) is 4.68. The number of carbonyl (C=O) groups is 2. The van der Waals surface area contributed by atoms with Crippen molar-refractivity contribution >= 4 is 17.5 Å². The Kier molecular flexibility index (Phi) is 7.91. The summed E-state index contributed by atoms with van der Waals surface area (Å²) in [5, 5.41) is 7.21. The summed E-state index contributed by atoms with van der Waals surface area (Å²) in [7, 11) is 3.22. The van der Waals surface area contributed by atoms with Crippen molar-refractivity contribution in [3.8, 4) is 17.2 Å². The SMILES string of the molecule is COc1cc(COc2ccc(CN(C(=O)c3cnn4cccnc34)[C@H]3CCCCNC3=O)cc2)cc(OC)c1. The summed E-state index contributed by atoms with van der Waals surface area (Å²) in [4.78, 5) is 32.8. The first-order valence-corrected chi connectivity index (χ1v) is 12.9. The quantitative estimate of drug-likeness (QED) is 0.353. The molecule has 5 rings (SSSR count). The van der Waals surface area contributed by atoms with E-state index in [0.29, 0.717) is 48.0 Å². The first-order valence-electron chi connectivity index (χ1n) is 12.9. The van der Waals surface area contributed by atoms with Gasteiger partial charge < -0.3 is 24.4 Å². The van der Waals surface area contributed by atoms with Crippen LogP contribution in [-0.4, -0.2) is 58.1 Å². The highest BCUT2D eigenvalue weighted by molar-refractivity contribution is 6.01. The molecule has 10 heteroatoms. The molecule has 1 saturated heterocycles. The normalized spacial score (nSPS) is 15.3. The van der Waals surface area contributed by atoms with E-state index in [9.17, 15) is 9.59 Å². The van der Waals surface area contributed by atoms with Gasteiger partial charge in [0.05, 0.1) is 20.4 Å². The van der Waals surface area contributed by atoms with Gasteiger partial charge in [-0.1, -0.05) is 12.1 Å². The molecule has 2 amide bonds. The minimum atomic E-state index is -0.586. The van der Waals surface area contributed by atoms with Gasteiger partial charge in [0.1, 0.15) is 35.5 Å². The molecule has 0 radical (unpaired) electrons. The van der Waals surface area contributed by atoms with Crippen LogP contribution in [0.15, 0.2) is 67.1 Å². The lowest BCUT2D eigenvalue weighted by Crippen LogP contribution is -2.48. The topological polar surface area (TPSA) is 107 Å². The Morgan fingerprint density at radius 2 is 1.82 bits per heavy atom. The molecule has 2 aromatic heterocycles. The van der Waals surface area contributed by atoms with Crippen LogP contribution < -0.4 is 19.5 Å². The van der Waals surface area contributed by atoms with Crippen molar-refractivity contribution in [2.24, 2.45) is 0 Å². The van der Waals surface area contributed by atoms with Gasteiger partial charge in [0, 0.05) is 31.5 Å². The van der Waals surface area contributed by atoms with Gasteiger partial charge >= 0.3 is 0 Å². The van der Waals surface area contributed by atoms with Gasteiger partial charge in [0.2, 0.25) is 5.91 Å². The third kappa shape index (κ3) is 5.95. The van der Waals surface area contributed by atoms with Crippen LogP contribution in [-0.2, 0) is 17.9 Å². The summed E-state index contributed by atoms with van der Waals surface area (Å²) in [6, 6.07) is 14.3. The third-order valence-electron chi connectivity index (χ3n) is 6.75. The number of nitrogens with one attached hydrogen (secondary N) is 1. The first kappa shape index (κ1) is 26.0. The molecule has 0 spiro atoms. The molecular formula is C29H31N5O5. The number of fused-ring (bicyclic) bond motifs is 1. The van der Waals surface area contributed by atoms with Crippen LogP contribution in [0.2, 0.25) is 0 Å². The monoisotopic (exact) mass is 529 g/mol. The summed E-state index contributed by atoms with van der Waals surface area (Å²) < 4.78 is 18.2. The van der Waals surface area contributed by atoms with Gasteiger partial charge in [-0.3, -0.25) is 9.59 Å². The van der Waals surface area contributed by atoms with E-state index >= 15 is 0 Å². The fraction of sp³-hybridized carbons (Fsp3) is 0.310. The number of carbonyl (C=O) groups excluding carboxylic acids is 2. The Labute approximate surface area is 226 Å². The lowest BCUT2D eigenvalue weighted by molar-refractivity contribution is -0.125. The van der Waals surface area contributed by atoms with Crippen molar-refractivity contribution in [1.82, 2.24) is 24.8 Å². The molecule has 0 saturated carbocycles. The summed E-state index contributed by atoms with van der Waals surface area (Å²) in [5.41, 5.74) is 2.61.